The van der Waals surface area contributed by atoms with E-state index in [1.54, 1.807) is 7.05 Å². The van der Waals surface area contributed by atoms with Crippen LogP contribution in [-0.4, -0.2) is 7.05 Å². The third-order valence-electron chi connectivity index (χ3n) is 2.53. The molecule has 0 fully saturated rings. The first-order chi connectivity index (χ1) is 8.54. The molecule has 18 heavy (non-hydrogen) atoms. The van der Waals surface area contributed by atoms with E-state index in [1.807, 2.05) is 11.4 Å². The molecule has 6 heteroatoms. The molecule has 2 rings (SSSR count). The summed E-state index contributed by atoms with van der Waals surface area (Å²) in [4.78, 5) is 0.847. The van der Waals surface area contributed by atoms with Gasteiger partial charge in [-0.25, -0.2) is 8.78 Å². The number of hydrogen-bond acceptors (Lipinski definition) is 2. The van der Waals surface area contributed by atoms with Gasteiger partial charge in [0, 0.05) is 20.3 Å². The Labute approximate surface area is 124 Å². The Morgan fingerprint density at radius 2 is 2.00 bits per heavy atom. The molecule has 1 unspecified atom stereocenters. The Morgan fingerprint density at radius 1 is 1.28 bits per heavy atom. The number of rotatable bonds is 3. The maximum absolute atomic E-state index is 14.1. The summed E-state index contributed by atoms with van der Waals surface area (Å²) < 4.78 is 29.1. The van der Waals surface area contributed by atoms with Crippen LogP contribution in [0, 0.1) is 11.6 Å². The summed E-state index contributed by atoms with van der Waals surface area (Å²) >= 11 is 7.86. The van der Waals surface area contributed by atoms with Crippen LogP contribution in [0.25, 0.3) is 0 Å². The minimum atomic E-state index is -0.570. The first-order valence-corrected chi connectivity index (χ1v) is 7.55. The zero-order chi connectivity index (χ0) is 13.3. The maximum Gasteiger partial charge on any atom is 0.145 e. The fraction of sp³-hybridized carbons (Fsp3) is 0.167. The Morgan fingerprint density at radius 3 is 2.56 bits per heavy atom. The van der Waals surface area contributed by atoms with Gasteiger partial charge in [0.15, 0.2) is 0 Å². The summed E-state index contributed by atoms with van der Waals surface area (Å²) in [6, 6.07) is 3.98. The Balaban J connectivity index is 2.55. The average Bonchev–Trinajstić information content (AvgIpc) is 2.76. The molecule has 2 aromatic rings. The van der Waals surface area contributed by atoms with Gasteiger partial charge in [-0.3, -0.25) is 0 Å². The van der Waals surface area contributed by atoms with Gasteiger partial charge in [-0.2, -0.15) is 0 Å². The summed E-state index contributed by atoms with van der Waals surface area (Å²) in [7, 11) is 1.68. The van der Waals surface area contributed by atoms with E-state index in [0.717, 1.165) is 9.35 Å². The van der Waals surface area contributed by atoms with E-state index in [-0.39, 0.29) is 10.0 Å². The highest BCUT2D eigenvalue weighted by Crippen LogP contribution is 2.34. The lowest BCUT2D eigenvalue weighted by Gasteiger charge is -2.17. The van der Waals surface area contributed by atoms with Gasteiger partial charge in [-0.05, 0) is 57.1 Å². The molecule has 0 aliphatic carbocycles. The Bertz CT molecular complexity index is 571. The van der Waals surface area contributed by atoms with E-state index in [0.29, 0.717) is 0 Å². The minimum Gasteiger partial charge on any atom is -0.308 e. The van der Waals surface area contributed by atoms with Crippen molar-refractivity contribution < 1.29 is 8.78 Å². The van der Waals surface area contributed by atoms with Crippen molar-refractivity contribution in [2.45, 2.75) is 6.04 Å². The minimum absolute atomic E-state index is 0.0289. The number of benzene rings is 1. The average molecular weight is 397 g/mol. The third-order valence-corrected chi connectivity index (χ3v) is 4.90. The van der Waals surface area contributed by atoms with Crippen molar-refractivity contribution in [3.63, 3.8) is 0 Å². The zero-order valence-corrected chi connectivity index (χ0v) is 13.3. The number of halogens is 4. The molecular formula is C12H9Br2F2NS. The Kier molecular flexibility index (Phi) is 4.53. The van der Waals surface area contributed by atoms with E-state index < -0.39 is 17.7 Å². The molecule has 96 valence electrons. The summed E-state index contributed by atoms with van der Waals surface area (Å²) in [5.41, 5.74) is 0.0289. The molecule has 0 amide bonds. The lowest BCUT2D eigenvalue weighted by atomic mass is 10.0. The second-order valence-corrected chi connectivity index (χ2v) is 6.36. The van der Waals surface area contributed by atoms with Crippen molar-refractivity contribution in [1.82, 2.24) is 5.32 Å². The van der Waals surface area contributed by atoms with Crippen LogP contribution in [0.2, 0.25) is 0 Å². The largest absolute Gasteiger partial charge is 0.308 e. The summed E-state index contributed by atoms with van der Waals surface area (Å²) in [5, 5.41) is 4.83. The van der Waals surface area contributed by atoms with Crippen LogP contribution in [0.15, 0.2) is 32.5 Å². The van der Waals surface area contributed by atoms with Crippen LogP contribution in [0.3, 0.4) is 0 Å². The first-order valence-electron chi connectivity index (χ1n) is 5.09. The second kappa shape index (κ2) is 5.77. The summed E-state index contributed by atoms with van der Waals surface area (Å²) in [6.07, 6.45) is 0. The van der Waals surface area contributed by atoms with Crippen molar-refractivity contribution in [3.05, 3.63) is 54.6 Å². The van der Waals surface area contributed by atoms with E-state index >= 15 is 0 Å². The number of hydrogen-bond donors (Lipinski definition) is 1. The fourth-order valence-corrected chi connectivity index (χ4v) is 3.62. The molecular weight excluding hydrogens is 388 g/mol. The standard InChI is InChI=1S/C12H9Br2F2NS/c1-17-12(9-4-6(13)5-18-9)10-8(15)3-2-7(14)11(10)16/h2-5,12,17H,1H3. The molecule has 1 atom stereocenters. The topological polar surface area (TPSA) is 12.0 Å². The van der Waals surface area contributed by atoms with Crippen molar-refractivity contribution in [3.8, 4) is 0 Å². The summed E-state index contributed by atoms with van der Waals surface area (Å²) in [6.45, 7) is 0. The maximum atomic E-state index is 14.1. The van der Waals surface area contributed by atoms with E-state index in [2.05, 4.69) is 37.2 Å². The predicted octanol–water partition coefficient (Wildman–Crippen LogP) is 4.86. The molecule has 1 aromatic heterocycles. The van der Waals surface area contributed by atoms with Gasteiger partial charge in [0.1, 0.15) is 11.6 Å². The zero-order valence-electron chi connectivity index (χ0n) is 9.31. The van der Waals surface area contributed by atoms with Crippen LogP contribution in [-0.2, 0) is 0 Å². The van der Waals surface area contributed by atoms with Gasteiger partial charge in [0.25, 0.3) is 0 Å². The molecule has 1 N–H and O–H groups in total. The van der Waals surface area contributed by atoms with E-state index in [4.69, 9.17) is 0 Å². The summed E-state index contributed by atoms with van der Waals surface area (Å²) in [5.74, 6) is -1.13. The van der Waals surface area contributed by atoms with E-state index in [9.17, 15) is 8.78 Å². The van der Waals surface area contributed by atoms with Crippen molar-refractivity contribution >= 4 is 43.2 Å². The normalized spacial score (nSPS) is 12.7. The SMILES string of the molecule is CNC(c1cc(Br)cs1)c1c(F)ccc(Br)c1F. The van der Waals surface area contributed by atoms with Crippen molar-refractivity contribution in [2.24, 2.45) is 0 Å². The highest BCUT2D eigenvalue weighted by atomic mass is 79.9. The highest BCUT2D eigenvalue weighted by Gasteiger charge is 2.23. The van der Waals surface area contributed by atoms with Crippen molar-refractivity contribution in [2.75, 3.05) is 7.05 Å². The molecule has 0 saturated heterocycles. The third kappa shape index (κ3) is 2.66. The van der Waals surface area contributed by atoms with Gasteiger partial charge >= 0.3 is 0 Å². The lowest BCUT2D eigenvalue weighted by molar-refractivity contribution is 0.521. The second-order valence-electron chi connectivity index (χ2n) is 3.65. The van der Waals surface area contributed by atoms with E-state index in [1.165, 1.54) is 23.5 Å². The van der Waals surface area contributed by atoms with Crippen LogP contribution in [0.1, 0.15) is 16.5 Å². The van der Waals surface area contributed by atoms with Gasteiger partial charge in [-0.15, -0.1) is 11.3 Å². The van der Waals surface area contributed by atoms with Gasteiger partial charge < -0.3 is 5.32 Å². The number of thiophene rings is 1. The van der Waals surface area contributed by atoms with Gasteiger partial charge in [-0.1, -0.05) is 0 Å². The monoisotopic (exact) mass is 395 g/mol. The molecule has 1 aromatic carbocycles. The molecule has 0 saturated carbocycles. The molecule has 0 radical (unpaired) electrons. The molecule has 0 aliphatic heterocycles. The van der Waals surface area contributed by atoms with Crippen LogP contribution in [0.4, 0.5) is 8.78 Å². The smallest absolute Gasteiger partial charge is 0.145 e. The molecule has 0 spiro atoms. The number of nitrogens with one attached hydrogen (secondary N) is 1. The Hall–Kier alpha value is -0.300. The predicted molar refractivity (Wildman–Crippen MR) is 77.0 cm³/mol. The molecule has 1 heterocycles. The van der Waals surface area contributed by atoms with Crippen LogP contribution < -0.4 is 5.32 Å². The van der Waals surface area contributed by atoms with Crippen LogP contribution in [0.5, 0.6) is 0 Å². The van der Waals surface area contributed by atoms with Crippen LogP contribution >= 0.6 is 43.2 Å². The quantitative estimate of drug-likeness (QED) is 0.730. The van der Waals surface area contributed by atoms with Crippen molar-refractivity contribution in [1.29, 1.82) is 0 Å². The van der Waals surface area contributed by atoms with Gasteiger partial charge in [0.05, 0.1) is 10.5 Å². The highest BCUT2D eigenvalue weighted by molar-refractivity contribution is 9.10. The lowest BCUT2D eigenvalue weighted by Crippen LogP contribution is -2.19. The molecule has 0 bridgehead atoms. The molecule has 0 aliphatic rings. The molecule has 1 nitrogen and oxygen atoms in total. The van der Waals surface area contributed by atoms with Gasteiger partial charge in [0.2, 0.25) is 0 Å². The first kappa shape index (κ1) is 14.1. The fourth-order valence-electron chi connectivity index (χ4n) is 1.72.